The summed E-state index contributed by atoms with van der Waals surface area (Å²) < 4.78 is 0. The second-order valence-corrected chi connectivity index (χ2v) is 3.61. The lowest BCUT2D eigenvalue weighted by atomic mass is 10.2. The van der Waals surface area contributed by atoms with Crippen molar-refractivity contribution in [1.82, 2.24) is 4.98 Å². The van der Waals surface area contributed by atoms with Gasteiger partial charge in [0.25, 0.3) is 0 Å². The molecule has 3 rings (SSSR count). The number of H-pyrrole nitrogens is 1. The van der Waals surface area contributed by atoms with Crippen LogP contribution in [0.2, 0.25) is 0 Å². The minimum atomic E-state index is 1.11. The summed E-state index contributed by atoms with van der Waals surface area (Å²) in [6, 6.07) is 16.9. The molecule has 0 unspecified atom stereocenters. The van der Waals surface area contributed by atoms with Crippen LogP contribution in [0.15, 0.2) is 48.5 Å². The van der Waals surface area contributed by atoms with E-state index in [-0.39, 0.29) is 0 Å². The zero-order valence-corrected chi connectivity index (χ0v) is 7.83. The number of para-hydroxylation sites is 1. The van der Waals surface area contributed by atoms with Crippen molar-refractivity contribution in [3.63, 3.8) is 0 Å². The Morgan fingerprint density at radius 3 is 2.43 bits per heavy atom. The van der Waals surface area contributed by atoms with Crippen LogP contribution < -0.4 is 0 Å². The molecule has 0 fully saturated rings. The number of nitrogens with one attached hydrogen (secondary N) is 1. The summed E-state index contributed by atoms with van der Waals surface area (Å²) >= 11 is 0. The molecule has 0 saturated heterocycles. The van der Waals surface area contributed by atoms with Gasteiger partial charge in [-0.3, -0.25) is 0 Å². The van der Waals surface area contributed by atoms with Crippen LogP contribution in [0.4, 0.5) is 0 Å². The van der Waals surface area contributed by atoms with Crippen LogP contribution in [0, 0.1) is 0 Å². The monoisotopic (exact) mass is 181 g/mol. The average molecular weight is 181 g/mol. The smallest absolute Gasteiger partial charge is 0.0455 e. The number of aromatic amines is 1. The number of aromatic nitrogens is 1. The molecule has 14 heavy (non-hydrogen) atoms. The molecular weight excluding hydrogens is 170 g/mol. The van der Waals surface area contributed by atoms with Crippen LogP contribution in [0.1, 0.15) is 11.3 Å². The van der Waals surface area contributed by atoms with Crippen molar-refractivity contribution in [2.24, 2.45) is 0 Å². The van der Waals surface area contributed by atoms with Gasteiger partial charge in [-0.25, -0.2) is 0 Å². The predicted molar refractivity (Wildman–Crippen MR) is 58.7 cm³/mol. The number of hydrogen-bond acceptors (Lipinski definition) is 0. The average Bonchev–Trinajstić information content (AvgIpc) is 2.93. The fourth-order valence-corrected chi connectivity index (χ4v) is 1.68. The third kappa shape index (κ3) is 1.27. The van der Waals surface area contributed by atoms with E-state index in [0.29, 0.717) is 0 Å². The molecule has 1 heterocycles. The molecule has 0 radical (unpaired) electrons. The Hall–Kier alpha value is -1.76. The van der Waals surface area contributed by atoms with Gasteiger partial charge < -0.3 is 4.98 Å². The molecule has 1 aliphatic rings. The molecule has 1 nitrogen and oxygen atoms in total. The summed E-state index contributed by atoms with van der Waals surface area (Å²) in [6.07, 6.45) is 1.11. The highest BCUT2D eigenvalue weighted by Gasteiger charge is 2.13. The van der Waals surface area contributed by atoms with E-state index in [4.69, 9.17) is 0 Å². The van der Waals surface area contributed by atoms with Crippen molar-refractivity contribution in [2.75, 3.05) is 0 Å². The van der Waals surface area contributed by atoms with E-state index in [1.54, 1.807) is 0 Å². The highest BCUT2D eigenvalue weighted by Crippen LogP contribution is 2.23. The van der Waals surface area contributed by atoms with Crippen LogP contribution in [0.3, 0.4) is 0 Å². The van der Waals surface area contributed by atoms with Crippen LogP contribution in [-0.4, -0.2) is 4.98 Å². The lowest BCUT2D eigenvalue weighted by Gasteiger charge is -1.90. The number of fused-ring (bicyclic) bond motifs is 2. The maximum Gasteiger partial charge on any atom is 0.0455 e. The minimum absolute atomic E-state index is 1.11. The van der Waals surface area contributed by atoms with E-state index < -0.39 is 0 Å². The molecule has 0 aliphatic heterocycles. The quantitative estimate of drug-likeness (QED) is 0.548. The van der Waals surface area contributed by atoms with E-state index in [0.717, 1.165) is 6.42 Å². The summed E-state index contributed by atoms with van der Waals surface area (Å²) in [5.41, 5.74) is 3.99. The van der Waals surface area contributed by atoms with Crippen molar-refractivity contribution in [1.29, 1.82) is 0 Å². The first-order chi connectivity index (χ1) is 6.93. The van der Waals surface area contributed by atoms with Gasteiger partial charge in [0.2, 0.25) is 0 Å². The molecule has 1 heteroatoms. The van der Waals surface area contributed by atoms with E-state index in [1.165, 1.54) is 22.2 Å². The highest BCUT2D eigenvalue weighted by atomic mass is 14.7. The molecule has 0 saturated carbocycles. The van der Waals surface area contributed by atoms with E-state index >= 15 is 0 Å². The Morgan fingerprint density at radius 2 is 1.57 bits per heavy atom. The Labute approximate surface area is 82.7 Å². The Balaban J connectivity index is 2.43. The molecule has 1 aromatic heterocycles. The third-order valence-corrected chi connectivity index (χ3v) is 2.56. The van der Waals surface area contributed by atoms with Crippen molar-refractivity contribution in [3.8, 4) is 0 Å². The largest absolute Gasteiger partial charge is 0.358 e. The van der Waals surface area contributed by atoms with Gasteiger partial charge in [0.1, 0.15) is 0 Å². The van der Waals surface area contributed by atoms with E-state index in [1.807, 2.05) is 0 Å². The van der Waals surface area contributed by atoms with Crippen molar-refractivity contribution >= 4 is 10.9 Å². The molecule has 0 bridgehead atoms. The molecule has 0 amide bonds. The van der Waals surface area contributed by atoms with Gasteiger partial charge in [-0.2, -0.15) is 0 Å². The topological polar surface area (TPSA) is 15.8 Å². The van der Waals surface area contributed by atoms with Crippen LogP contribution in [0.5, 0.6) is 0 Å². The SMILES string of the molecule is c1ccc2ccccc2[nH]c2c(c1)C2. The maximum absolute atomic E-state index is 3.45. The first kappa shape index (κ1) is 7.63. The van der Waals surface area contributed by atoms with Crippen LogP contribution in [0.25, 0.3) is 10.9 Å². The van der Waals surface area contributed by atoms with E-state index in [9.17, 15) is 0 Å². The van der Waals surface area contributed by atoms with Gasteiger partial charge in [0.15, 0.2) is 0 Å². The maximum atomic E-state index is 3.45. The zero-order valence-electron chi connectivity index (χ0n) is 7.83. The van der Waals surface area contributed by atoms with Crippen molar-refractivity contribution in [2.45, 2.75) is 6.42 Å². The Kier molecular flexibility index (Phi) is 1.57. The predicted octanol–water partition coefficient (Wildman–Crippen LogP) is 3.20. The lowest BCUT2D eigenvalue weighted by molar-refractivity contribution is 1.37. The fourth-order valence-electron chi connectivity index (χ4n) is 1.68. The summed E-state index contributed by atoms with van der Waals surface area (Å²) in [4.78, 5) is 3.45. The van der Waals surface area contributed by atoms with Gasteiger partial charge >= 0.3 is 0 Å². The first-order valence-electron chi connectivity index (χ1n) is 4.86. The second-order valence-electron chi connectivity index (χ2n) is 3.61. The summed E-state index contributed by atoms with van der Waals surface area (Å²) in [7, 11) is 0. The second kappa shape index (κ2) is 2.88. The Morgan fingerprint density at radius 1 is 0.857 bits per heavy atom. The van der Waals surface area contributed by atoms with Crippen LogP contribution in [-0.2, 0) is 6.42 Å². The molecular formula is C13H11N. The third-order valence-electron chi connectivity index (χ3n) is 2.56. The lowest BCUT2D eigenvalue weighted by Crippen LogP contribution is -1.71. The molecule has 2 aromatic rings. The molecule has 0 atom stereocenters. The zero-order chi connectivity index (χ0) is 9.38. The molecule has 1 N–H and O–H groups in total. The van der Waals surface area contributed by atoms with Gasteiger partial charge in [0.05, 0.1) is 0 Å². The van der Waals surface area contributed by atoms with Crippen molar-refractivity contribution in [3.05, 3.63) is 59.8 Å². The van der Waals surface area contributed by atoms with Gasteiger partial charge in [-0.1, -0.05) is 42.5 Å². The fraction of sp³-hybridized carbons (Fsp3) is 0.0769. The van der Waals surface area contributed by atoms with Crippen LogP contribution >= 0.6 is 0 Å². The highest BCUT2D eigenvalue weighted by molar-refractivity contribution is 5.77. The number of benzene rings is 1. The Bertz CT molecular complexity index is 536. The van der Waals surface area contributed by atoms with Gasteiger partial charge in [-0.15, -0.1) is 0 Å². The number of rotatable bonds is 0. The van der Waals surface area contributed by atoms with E-state index in [2.05, 4.69) is 53.5 Å². The molecule has 0 spiro atoms. The number of hydrogen-bond donors (Lipinski definition) is 1. The molecule has 1 aliphatic carbocycles. The molecule has 68 valence electrons. The first-order valence-corrected chi connectivity index (χ1v) is 4.86. The van der Waals surface area contributed by atoms with Gasteiger partial charge in [-0.05, 0) is 17.0 Å². The molecule has 1 aromatic carbocycles. The summed E-state index contributed by atoms with van der Waals surface area (Å²) in [5.74, 6) is 0. The summed E-state index contributed by atoms with van der Waals surface area (Å²) in [6.45, 7) is 0. The standard InChI is InChI=1S/C13H11N/c1-2-7-11-9-13(11)14-12-8-4-3-6-10(12)5-1/h1-8,14H,9H2. The summed E-state index contributed by atoms with van der Waals surface area (Å²) in [5, 5.41) is 1.25. The normalized spacial score (nSPS) is 12.0. The minimum Gasteiger partial charge on any atom is -0.358 e. The van der Waals surface area contributed by atoms with Crippen molar-refractivity contribution < 1.29 is 0 Å². The van der Waals surface area contributed by atoms with Gasteiger partial charge in [0, 0.05) is 17.6 Å².